The summed E-state index contributed by atoms with van der Waals surface area (Å²) in [4.78, 5) is 7.30. The molecule has 0 radical (unpaired) electrons. The number of aromatic nitrogens is 4. The van der Waals surface area contributed by atoms with Crippen LogP contribution in [0.2, 0.25) is 0 Å². The maximum absolute atomic E-state index is 4.16. The van der Waals surface area contributed by atoms with Gasteiger partial charge in [-0.05, 0) is 81.2 Å². The largest absolute Gasteiger partial charge is 0.340 e. The summed E-state index contributed by atoms with van der Waals surface area (Å²) in [5.74, 6) is 0.774. The second kappa shape index (κ2) is 7.56. The Morgan fingerprint density at radius 2 is 1.86 bits per heavy atom. The molecule has 0 bridgehead atoms. The molecule has 0 saturated heterocycles. The zero-order chi connectivity index (χ0) is 19.7. The monoisotopic (exact) mass is 394 g/mol. The summed E-state index contributed by atoms with van der Waals surface area (Å²) < 4.78 is 0. The van der Waals surface area contributed by atoms with Gasteiger partial charge in [-0.2, -0.15) is 0 Å². The first-order valence-corrected chi connectivity index (χ1v) is 10.4. The van der Waals surface area contributed by atoms with Crippen LogP contribution in [0.3, 0.4) is 0 Å². The molecule has 2 heterocycles. The van der Waals surface area contributed by atoms with Crippen LogP contribution in [0.4, 0.5) is 11.4 Å². The highest BCUT2D eigenvalue weighted by Gasteiger charge is 2.30. The van der Waals surface area contributed by atoms with E-state index in [1.54, 1.807) is 0 Å². The molecule has 7 heteroatoms. The predicted octanol–water partition coefficient (Wildman–Crippen LogP) is 4.08. The predicted molar refractivity (Wildman–Crippen MR) is 113 cm³/mol. The van der Waals surface area contributed by atoms with Crippen molar-refractivity contribution in [3.63, 3.8) is 0 Å². The van der Waals surface area contributed by atoms with E-state index < -0.39 is 0 Å². The van der Waals surface area contributed by atoms with Crippen molar-refractivity contribution >= 4 is 23.1 Å². The zero-order valence-corrected chi connectivity index (χ0v) is 17.6. The molecule has 1 aromatic heterocycles. The van der Waals surface area contributed by atoms with Crippen molar-refractivity contribution in [3.05, 3.63) is 53.9 Å². The molecule has 1 N–H and O–H groups in total. The van der Waals surface area contributed by atoms with E-state index >= 15 is 0 Å². The first kappa shape index (κ1) is 19.0. The molecule has 0 amide bonds. The molecule has 2 aromatic carbocycles. The molecule has 6 nitrogen and oxygen atoms in total. The standard InChI is InChI=1S/C21H26N6S/c1-21(2,20-22-24-25-23-20)15-10-11-19-17(14-15)27(13-7-12-26(3)4)16-8-5-6-9-18(16)28-19/h5-6,8-11,14H,7,12-13H2,1-4H3,(H,22,23,24,25). The van der Waals surface area contributed by atoms with E-state index in [1.807, 2.05) is 11.8 Å². The number of hydrogen-bond donors (Lipinski definition) is 1. The minimum Gasteiger partial charge on any atom is -0.340 e. The molecule has 4 rings (SSSR count). The van der Waals surface area contributed by atoms with Crippen molar-refractivity contribution in [1.29, 1.82) is 0 Å². The van der Waals surface area contributed by atoms with Crippen LogP contribution in [0, 0.1) is 0 Å². The van der Waals surface area contributed by atoms with Crippen molar-refractivity contribution in [2.75, 3.05) is 32.1 Å². The smallest absolute Gasteiger partial charge is 0.158 e. The average molecular weight is 395 g/mol. The van der Waals surface area contributed by atoms with Crippen LogP contribution in [-0.4, -0.2) is 52.7 Å². The highest BCUT2D eigenvalue weighted by atomic mass is 32.2. The summed E-state index contributed by atoms with van der Waals surface area (Å²) in [5.41, 5.74) is 3.45. The van der Waals surface area contributed by atoms with Gasteiger partial charge in [0.05, 0.1) is 16.8 Å². The van der Waals surface area contributed by atoms with Gasteiger partial charge in [-0.25, -0.2) is 5.10 Å². The molecular weight excluding hydrogens is 368 g/mol. The number of fused-ring (bicyclic) bond motifs is 2. The van der Waals surface area contributed by atoms with Crippen molar-refractivity contribution in [3.8, 4) is 0 Å². The van der Waals surface area contributed by atoms with Gasteiger partial charge in [0.15, 0.2) is 5.82 Å². The summed E-state index contributed by atoms with van der Waals surface area (Å²) in [5, 5.41) is 14.6. The van der Waals surface area contributed by atoms with Crippen LogP contribution >= 0.6 is 11.8 Å². The first-order valence-electron chi connectivity index (χ1n) is 9.54. The van der Waals surface area contributed by atoms with Crippen LogP contribution in [0.15, 0.2) is 52.3 Å². The van der Waals surface area contributed by atoms with Crippen molar-refractivity contribution in [1.82, 2.24) is 25.5 Å². The van der Waals surface area contributed by atoms with Crippen LogP contribution in [-0.2, 0) is 5.41 Å². The molecule has 0 aliphatic carbocycles. The second-order valence-corrected chi connectivity index (χ2v) is 9.02. The maximum atomic E-state index is 4.16. The lowest BCUT2D eigenvalue weighted by Crippen LogP contribution is -2.27. The minimum atomic E-state index is -0.296. The topological polar surface area (TPSA) is 60.9 Å². The Hall–Kier alpha value is -2.38. The molecule has 0 saturated carbocycles. The SMILES string of the molecule is CN(C)CCCN1c2ccccc2Sc2ccc(C(C)(C)c3nnn[nH]3)cc21. The number of rotatable bonds is 6. The van der Waals surface area contributed by atoms with E-state index in [9.17, 15) is 0 Å². The Morgan fingerprint density at radius 3 is 2.61 bits per heavy atom. The van der Waals surface area contributed by atoms with E-state index in [4.69, 9.17) is 0 Å². The molecule has 0 fully saturated rings. The third kappa shape index (κ3) is 3.52. The Balaban J connectivity index is 1.73. The number of hydrogen-bond acceptors (Lipinski definition) is 6. The average Bonchev–Trinajstić information content (AvgIpc) is 3.22. The molecule has 1 aliphatic heterocycles. The molecule has 0 unspecified atom stereocenters. The molecule has 3 aromatic rings. The number of tetrazole rings is 1. The number of nitrogens with zero attached hydrogens (tertiary/aromatic N) is 5. The third-order valence-electron chi connectivity index (χ3n) is 5.27. The van der Waals surface area contributed by atoms with Crippen molar-refractivity contribution in [2.45, 2.75) is 35.5 Å². The number of aromatic amines is 1. The van der Waals surface area contributed by atoms with Crippen molar-refractivity contribution < 1.29 is 0 Å². The molecule has 0 spiro atoms. The van der Waals surface area contributed by atoms with E-state index in [2.05, 4.69) is 101 Å². The van der Waals surface area contributed by atoms with E-state index in [1.165, 1.54) is 26.7 Å². The number of benzene rings is 2. The Bertz CT molecular complexity index is 951. The van der Waals surface area contributed by atoms with Gasteiger partial charge in [-0.1, -0.05) is 30.0 Å². The Kier molecular flexibility index (Phi) is 5.12. The molecule has 28 heavy (non-hydrogen) atoms. The van der Waals surface area contributed by atoms with Gasteiger partial charge in [0, 0.05) is 16.3 Å². The van der Waals surface area contributed by atoms with Gasteiger partial charge in [-0.3, -0.25) is 0 Å². The third-order valence-corrected chi connectivity index (χ3v) is 6.40. The fraction of sp³-hybridized carbons (Fsp3) is 0.381. The Morgan fingerprint density at radius 1 is 1.07 bits per heavy atom. The van der Waals surface area contributed by atoms with Gasteiger partial charge >= 0.3 is 0 Å². The normalized spacial score (nSPS) is 13.5. The highest BCUT2D eigenvalue weighted by molar-refractivity contribution is 7.99. The molecule has 1 aliphatic rings. The summed E-state index contributed by atoms with van der Waals surface area (Å²) in [7, 11) is 4.25. The minimum absolute atomic E-state index is 0.296. The molecular formula is C21H26N6S. The lowest BCUT2D eigenvalue weighted by Gasteiger charge is -2.34. The number of anilines is 2. The highest BCUT2D eigenvalue weighted by Crippen LogP contribution is 2.49. The lowest BCUT2D eigenvalue weighted by molar-refractivity contribution is 0.402. The maximum Gasteiger partial charge on any atom is 0.158 e. The fourth-order valence-corrected chi connectivity index (χ4v) is 4.64. The lowest BCUT2D eigenvalue weighted by atomic mass is 9.83. The summed E-state index contributed by atoms with van der Waals surface area (Å²) in [6.45, 7) is 6.35. The number of H-pyrrole nitrogens is 1. The fourth-order valence-electron chi connectivity index (χ4n) is 3.56. The van der Waals surface area contributed by atoms with Gasteiger partial charge in [-0.15, -0.1) is 5.10 Å². The van der Waals surface area contributed by atoms with Crippen LogP contribution < -0.4 is 4.90 Å². The quantitative estimate of drug-likeness (QED) is 0.680. The van der Waals surface area contributed by atoms with Gasteiger partial charge in [0.1, 0.15) is 0 Å². The molecule has 0 atom stereocenters. The Labute approximate surface area is 170 Å². The van der Waals surface area contributed by atoms with E-state index in [-0.39, 0.29) is 5.41 Å². The van der Waals surface area contributed by atoms with Gasteiger partial charge in [0.25, 0.3) is 0 Å². The summed E-state index contributed by atoms with van der Waals surface area (Å²) in [6, 6.07) is 15.4. The number of para-hydroxylation sites is 1. The van der Waals surface area contributed by atoms with Crippen molar-refractivity contribution in [2.24, 2.45) is 0 Å². The molecule has 146 valence electrons. The second-order valence-electron chi connectivity index (χ2n) is 7.94. The van der Waals surface area contributed by atoms with Crippen LogP contribution in [0.5, 0.6) is 0 Å². The van der Waals surface area contributed by atoms with Gasteiger partial charge < -0.3 is 9.80 Å². The zero-order valence-electron chi connectivity index (χ0n) is 16.8. The van der Waals surface area contributed by atoms with Crippen LogP contribution in [0.1, 0.15) is 31.7 Å². The van der Waals surface area contributed by atoms with Crippen LogP contribution in [0.25, 0.3) is 0 Å². The summed E-state index contributed by atoms with van der Waals surface area (Å²) >= 11 is 1.84. The summed E-state index contributed by atoms with van der Waals surface area (Å²) in [6.07, 6.45) is 1.10. The van der Waals surface area contributed by atoms with E-state index in [0.717, 1.165) is 25.3 Å². The van der Waals surface area contributed by atoms with Gasteiger partial charge in [0.2, 0.25) is 0 Å². The number of nitrogens with one attached hydrogen (secondary N) is 1. The first-order chi connectivity index (χ1) is 13.5. The van der Waals surface area contributed by atoms with E-state index in [0.29, 0.717) is 0 Å².